The second-order valence-corrected chi connectivity index (χ2v) is 3.98. The smallest absolute Gasteiger partial charge is 0.258 e. The molecule has 0 aromatic heterocycles. The molecule has 0 aliphatic carbocycles. The van der Waals surface area contributed by atoms with Crippen LogP contribution in [-0.4, -0.2) is 19.6 Å². The molecule has 0 amide bonds. The number of anilines is 1. The highest BCUT2D eigenvalue weighted by atomic mass is 35.5. The van der Waals surface area contributed by atoms with Gasteiger partial charge in [-0.05, 0) is 25.5 Å². The van der Waals surface area contributed by atoms with E-state index >= 15 is 0 Å². The summed E-state index contributed by atoms with van der Waals surface area (Å²) < 4.78 is 29.9. The molecule has 0 radical (unpaired) electrons. The highest BCUT2D eigenvalue weighted by Crippen LogP contribution is 2.31. The molecule has 0 spiro atoms. The summed E-state index contributed by atoms with van der Waals surface area (Å²) in [5.41, 5.74) is 1.34. The standard InChI is InChI=1S/C11H14ClF2NO/c1-6-4-9(15-7(2)11(13)14)10(16-3)5-8(6)12/h4-5,7,11,15H,1-3H3. The van der Waals surface area contributed by atoms with E-state index in [-0.39, 0.29) is 0 Å². The minimum Gasteiger partial charge on any atom is -0.495 e. The lowest BCUT2D eigenvalue weighted by Crippen LogP contribution is -2.24. The van der Waals surface area contributed by atoms with Gasteiger partial charge in [0.1, 0.15) is 5.75 Å². The van der Waals surface area contributed by atoms with Crippen LogP contribution in [0.3, 0.4) is 0 Å². The zero-order valence-electron chi connectivity index (χ0n) is 9.35. The molecule has 1 aromatic carbocycles. The molecule has 1 atom stereocenters. The Labute approximate surface area is 98.6 Å². The average Bonchev–Trinajstić information content (AvgIpc) is 2.22. The van der Waals surface area contributed by atoms with Crippen molar-refractivity contribution in [3.05, 3.63) is 22.7 Å². The lowest BCUT2D eigenvalue weighted by Gasteiger charge is -2.17. The van der Waals surface area contributed by atoms with Crippen LogP contribution in [0.25, 0.3) is 0 Å². The number of aryl methyl sites for hydroxylation is 1. The molecule has 0 bridgehead atoms. The van der Waals surface area contributed by atoms with Gasteiger partial charge < -0.3 is 10.1 Å². The van der Waals surface area contributed by atoms with Crippen LogP contribution in [0.5, 0.6) is 5.75 Å². The Morgan fingerprint density at radius 1 is 1.38 bits per heavy atom. The third-order valence-electron chi connectivity index (χ3n) is 2.24. The molecule has 90 valence electrons. The van der Waals surface area contributed by atoms with Crippen molar-refractivity contribution in [3.63, 3.8) is 0 Å². The number of benzene rings is 1. The van der Waals surface area contributed by atoms with Crippen molar-refractivity contribution in [2.45, 2.75) is 26.3 Å². The van der Waals surface area contributed by atoms with E-state index in [4.69, 9.17) is 16.3 Å². The zero-order valence-corrected chi connectivity index (χ0v) is 10.1. The van der Waals surface area contributed by atoms with Crippen LogP contribution in [0.4, 0.5) is 14.5 Å². The van der Waals surface area contributed by atoms with E-state index in [1.54, 1.807) is 19.1 Å². The van der Waals surface area contributed by atoms with E-state index in [2.05, 4.69) is 5.32 Å². The van der Waals surface area contributed by atoms with Crippen LogP contribution in [0, 0.1) is 6.92 Å². The van der Waals surface area contributed by atoms with Crippen LogP contribution in [0.2, 0.25) is 5.02 Å². The normalized spacial score (nSPS) is 12.7. The minimum atomic E-state index is -2.43. The third kappa shape index (κ3) is 2.98. The maximum Gasteiger partial charge on any atom is 0.258 e. The van der Waals surface area contributed by atoms with Gasteiger partial charge in [-0.2, -0.15) is 0 Å². The first-order valence-electron chi connectivity index (χ1n) is 4.84. The number of ether oxygens (including phenoxy) is 1. The molecule has 0 saturated carbocycles. The summed E-state index contributed by atoms with van der Waals surface area (Å²) in [4.78, 5) is 0. The molecule has 0 saturated heterocycles. The fourth-order valence-corrected chi connectivity index (χ4v) is 1.41. The Hall–Kier alpha value is -1.03. The van der Waals surface area contributed by atoms with Crippen molar-refractivity contribution < 1.29 is 13.5 Å². The van der Waals surface area contributed by atoms with E-state index in [9.17, 15) is 8.78 Å². The van der Waals surface area contributed by atoms with Gasteiger partial charge in [0.15, 0.2) is 0 Å². The van der Waals surface area contributed by atoms with Crippen molar-refractivity contribution in [2.24, 2.45) is 0 Å². The van der Waals surface area contributed by atoms with Crippen LogP contribution < -0.4 is 10.1 Å². The Morgan fingerprint density at radius 2 is 2.00 bits per heavy atom. The zero-order chi connectivity index (χ0) is 12.3. The summed E-state index contributed by atoms with van der Waals surface area (Å²) in [5, 5.41) is 3.24. The second-order valence-electron chi connectivity index (χ2n) is 3.57. The van der Waals surface area contributed by atoms with Gasteiger partial charge in [-0.1, -0.05) is 11.6 Å². The van der Waals surface area contributed by atoms with Crippen LogP contribution in [-0.2, 0) is 0 Å². The molecule has 0 heterocycles. The first-order valence-corrected chi connectivity index (χ1v) is 5.22. The number of hydrogen-bond acceptors (Lipinski definition) is 2. The van der Waals surface area contributed by atoms with Crippen molar-refractivity contribution in [3.8, 4) is 5.75 Å². The topological polar surface area (TPSA) is 21.3 Å². The van der Waals surface area contributed by atoms with Gasteiger partial charge in [0, 0.05) is 11.1 Å². The van der Waals surface area contributed by atoms with Crippen molar-refractivity contribution in [1.29, 1.82) is 0 Å². The maximum atomic E-state index is 12.4. The highest BCUT2D eigenvalue weighted by Gasteiger charge is 2.16. The highest BCUT2D eigenvalue weighted by molar-refractivity contribution is 6.31. The predicted octanol–water partition coefficient (Wildman–Crippen LogP) is 3.72. The molecule has 1 N–H and O–H groups in total. The first kappa shape index (κ1) is 13.0. The summed E-state index contributed by atoms with van der Waals surface area (Å²) in [6.07, 6.45) is -2.43. The number of methoxy groups -OCH3 is 1. The fourth-order valence-electron chi connectivity index (χ4n) is 1.25. The molecule has 0 aliphatic heterocycles. The van der Waals surface area contributed by atoms with Crippen molar-refractivity contribution in [2.75, 3.05) is 12.4 Å². The number of halogens is 3. The van der Waals surface area contributed by atoms with E-state index in [1.165, 1.54) is 14.0 Å². The third-order valence-corrected chi connectivity index (χ3v) is 2.65. The predicted molar refractivity (Wildman–Crippen MR) is 61.8 cm³/mol. The quantitative estimate of drug-likeness (QED) is 0.878. The molecule has 1 rings (SSSR count). The lowest BCUT2D eigenvalue weighted by atomic mass is 10.2. The Kier molecular flexibility index (Phi) is 4.35. The minimum absolute atomic E-state index is 0.461. The largest absolute Gasteiger partial charge is 0.495 e. The molecular weight excluding hydrogens is 236 g/mol. The summed E-state index contributed by atoms with van der Waals surface area (Å²) in [6, 6.07) is 2.37. The number of alkyl halides is 2. The molecule has 0 aliphatic rings. The van der Waals surface area contributed by atoms with Crippen LogP contribution in [0.15, 0.2) is 12.1 Å². The van der Waals surface area contributed by atoms with Gasteiger partial charge in [0.25, 0.3) is 6.43 Å². The number of rotatable bonds is 4. The Bertz CT molecular complexity index is 371. The van der Waals surface area contributed by atoms with E-state index < -0.39 is 12.5 Å². The summed E-state index contributed by atoms with van der Waals surface area (Å²) in [7, 11) is 1.47. The molecule has 1 aromatic rings. The van der Waals surface area contributed by atoms with E-state index in [1.807, 2.05) is 0 Å². The fraction of sp³-hybridized carbons (Fsp3) is 0.455. The Balaban J connectivity index is 2.98. The van der Waals surface area contributed by atoms with E-state index in [0.717, 1.165) is 5.56 Å². The van der Waals surface area contributed by atoms with Gasteiger partial charge in [-0.15, -0.1) is 0 Å². The molecule has 0 fully saturated rings. The van der Waals surface area contributed by atoms with Crippen LogP contribution >= 0.6 is 11.6 Å². The SMILES string of the molecule is COc1cc(Cl)c(C)cc1NC(C)C(F)F. The van der Waals surface area contributed by atoms with Crippen LogP contribution in [0.1, 0.15) is 12.5 Å². The Morgan fingerprint density at radius 3 is 2.50 bits per heavy atom. The van der Waals surface area contributed by atoms with Gasteiger partial charge in [0.05, 0.1) is 18.8 Å². The van der Waals surface area contributed by atoms with Crippen molar-refractivity contribution in [1.82, 2.24) is 0 Å². The molecule has 5 heteroatoms. The number of hydrogen-bond donors (Lipinski definition) is 1. The molecular formula is C11H14ClF2NO. The maximum absolute atomic E-state index is 12.4. The molecule has 2 nitrogen and oxygen atoms in total. The monoisotopic (exact) mass is 249 g/mol. The lowest BCUT2D eigenvalue weighted by molar-refractivity contribution is 0.130. The van der Waals surface area contributed by atoms with Gasteiger partial charge in [-0.25, -0.2) is 8.78 Å². The summed E-state index contributed by atoms with van der Waals surface area (Å²) in [6.45, 7) is 3.22. The van der Waals surface area contributed by atoms with Gasteiger partial charge in [-0.3, -0.25) is 0 Å². The first-order chi connectivity index (χ1) is 7.45. The molecule has 16 heavy (non-hydrogen) atoms. The summed E-state index contributed by atoms with van der Waals surface area (Å²) in [5.74, 6) is 0.461. The van der Waals surface area contributed by atoms with Gasteiger partial charge in [0.2, 0.25) is 0 Å². The van der Waals surface area contributed by atoms with E-state index in [0.29, 0.717) is 16.5 Å². The molecule has 1 unspecified atom stereocenters. The average molecular weight is 250 g/mol. The second kappa shape index (κ2) is 5.34. The van der Waals surface area contributed by atoms with Gasteiger partial charge >= 0.3 is 0 Å². The summed E-state index contributed by atoms with van der Waals surface area (Å²) >= 11 is 5.91. The van der Waals surface area contributed by atoms with Crippen molar-refractivity contribution >= 4 is 17.3 Å². The number of nitrogens with one attached hydrogen (secondary N) is 1.